The molecule has 3 nitrogen and oxygen atoms in total. The molecule has 0 radical (unpaired) electrons. The fourth-order valence-electron chi connectivity index (χ4n) is 3.30. The molecular weight excluding hydrogens is 362 g/mol. The minimum absolute atomic E-state index is 0.520. The highest BCUT2D eigenvalue weighted by Crippen LogP contribution is 2.41. The number of thioether (sulfide) groups is 1. The number of nitrogens with two attached hydrogens (primary N) is 2. The van der Waals surface area contributed by atoms with E-state index in [0.29, 0.717) is 11.6 Å². The molecule has 0 spiro atoms. The molecule has 4 rings (SSSR count). The van der Waals surface area contributed by atoms with Crippen molar-refractivity contribution in [3.8, 4) is 11.1 Å². The van der Waals surface area contributed by atoms with Gasteiger partial charge in [-0.05, 0) is 41.6 Å². The summed E-state index contributed by atoms with van der Waals surface area (Å²) in [5, 5.41) is 2.68. The Bertz CT molecular complexity index is 1120. The molecule has 3 aromatic carbocycles. The molecule has 4 N–H and O–H groups in total. The first-order valence-electron chi connectivity index (χ1n) is 8.27. The molecule has 0 atom stereocenters. The molecule has 0 aliphatic heterocycles. The Balaban J connectivity index is 2.16. The van der Waals surface area contributed by atoms with Crippen LogP contribution in [-0.2, 0) is 6.54 Å². The Morgan fingerprint density at radius 3 is 2.46 bits per heavy atom. The van der Waals surface area contributed by atoms with Crippen molar-refractivity contribution in [1.29, 1.82) is 0 Å². The van der Waals surface area contributed by atoms with Crippen molar-refractivity contribution in [2.24, 2.45) is 5.73 Å². The number of hydrogen-bond donors (Lipinski definition) is 2. The van der Waals surface area contributed by atoms with Gasteiger partial charge in [-0.15, -0.1) is 11.8 Å². The third-order valence-corrected chi connectivity index (χ3v) is 5.63. The summed E-state index contributed by atoms with van der Waals surface area (Å²) in [6.45, 7) is 0.520. The fraction of sp³-hybridized carbons (Fsp3) is 0.0952. The van der Waals surface area contributed by atoms with Crippen molar-refractivity contribution < 1.29 is 0 Å². The number of halogens is 1. The molecule has 1 aromatic heterocycles. The lowest BCUT2D eigenvalue weighted by Crippen LogP contribution is -1.97. The van der Waals surface area contributed by atoms with Gasteiger partial charge in [0.1, 0.15) is 0 Å². The summed E-state index contributed by atoms with van der Waals surface area (Å²) in [7, 11) is 0. The first-order valence-corrected chi connectivity index (χ1v) is 9.87. The molecule has 0 saturated heterocycles. The molecule has 0 saturated carbocycles. The minimum Gasteiger partial charge on any atom is -0.397 e. The zero-order valence-electron chi connectivity index (χ0n) is 14.3. The number of benzene rings is 3. The number of nitrogen functional groups attached to an aromatic ring is 1. The van der Waals surface area contributed by atoms with Gasteiger partial charge in [0.2, 0.25) is 0 Å². The van der Waals surface area contributed by atoms with Crippen LogP contribution in [0.25, 0.3) is 32.9 Å². The number of aromatic nitrogens is 1. The van der Waals surface area contributed by atoms with Gasteiger partial charge in [0.05, 0.1) is 16.7 Å². The van der Waals surface area contributed by atoms with E-state index in [1.165, 1.54) is 0 Å². The van der Waals surface area contributed by atoms with Crippen LogP contribution in [0.1, 0.15) is 5.56 Å². The highest BCUT2D eigenvalue weighted by Gasteiger charge is 2.16. The first kappa shape index (κ1) is 17.2. The van der Waals surface area contributed by atoms with Crippen LogP contribution in [0.4, 0.5) is 5.69 Å². The standard InChI is InChI=1S/C21H18ClN3S/c1-26-18-9-8-16-20(21(18)24)19(13-4-2-12(11-23)3-5-13)15-7-6-14(22)10-17(15)25-16/h2-10H,11,23-24H2,1H3. The molecule has 1 heterocycles. The molecule has 5 heteroatoms. The van der Waals surface area contributed by atoms with E-state index in [1.54, 1.807) is 11.8 Å². The minimum atomic E-state index is 0.520. The highest BCUT2D eigenvalue weighted by atomic mass is 35.5. The summed E-state index contributed by atoms with van der Waals surface area (Å²) in [4.78, 5) is 5.85. The van der Waals surface area contributed by atoms with E-state index in [2.05, 4.69) is 24.3 Å². The van der Waals surface area contributed by atoms with Crippen LogP contribution in [0, 0.1) is 0 Å². The SMILES string of the molecule is CSc1ccc2nc3cc(Cl)ccc3c(-c3ccc(CN)cc3)c2c1N. The van der Waals surface area contributed by atoms with E-state index >= 15 is 0 Å². The summed E-state index contributed by atoms with van der Waals surface area (Å²) >= 11 is 7.84. The monoisotopic (exact) mass is 379 g/mol. The maximum atomic E-state index is 6.54. The van der Waals surface area contributed by atoms with Gasteiger partial charge in [0.25, 0.3) is 0 Å². The number of hydrogen-bond acceptors (Lipinski definition) is 4. The summed E-state index contributed by atoms with van der Waals surface area (Å²) < 4.78 is 0. The van der Waals surface area contributed by atoms with E-state index in [9.17, 15) is 0 Å². The summed E-state index contributed by atoms with van der Waals surface area (Å²) in [5.74, 6) is 0. The van der Waals surface area contributed by atoms with Gasteiger partial charge < -0.3 is 11.5 Å². The van der Waals surface area contributed by atoms with Gasteiger partial charge in [-0.2, -0.15) is 0 Å². The molecular formula is C21H18ClN3S. The predicted molar refractivity (Wildman–Crippen MR) is 114 cm³/mol. The summed E-state index contributed by atoms with van der Waals surface area (Å²) in [6.07, 6.45) is 2.03. The van der Waals surface area contributed by atoms with E-state index in [4.69, 9.17) is 28.1 Å². The normalized spacial score (nSPS) is 11.3. The molecule has 0 unspecified atom stereocenters. The lowest BCUT2D eigenvalue weighted by atomic mass is 9.94. The van der Waals surface area contributed by atoms with Gasteiger partial charge in [-0.3, -0.25) is 0 Å². The molecule has 0 aliphatic carbocycles. The van der Waals surface area contributed by atoms with Gasteiger partial charge in [-0.25, -0.2) is 4.98 Å². The van der Waals surface area contributed by atoms with Gasteiger partial charge in [0, 0.05) is 32.8 Å². The molecule has 26 heavy (non-hydrogen) atoms. The zero-order valence-corrected chi connectivity index (χ0v) is 15.9. The number of rotatable bonds is 3. The fourth-order valence-corrected chi connectivity index (χ4v) is 4.00. The molecule has 0 amide bonds. The second-order valence-electron chi connectivity index (χ2n) is 6.12. The Labute approximate surface area is 161 Å². The molecule has 0 fully saturated rings. The largest absolute Gasteiger partial charge is 0.397 e. The van der Waals surface area contributed by atoms with E-state index in [1.807, 2.05) is 36.6 Å². The number of anilines is 1. The zero-order chi connectivity index (χ0) is 18.3. The lowest BCUT2D eigenvalue weighted by Gasteiger charge is -2.15. The third kappa shape index (κ3) is 2.80. The van der Waals surface area contributed by atoms with Crippen LogP contribution in [0.3, 0.4) is 0 Å². The molecule has 130 valence electrons. The highest BCUT2D eigenvalue weighted by molar-refractivity contribution is 7.98. The number of pyridine rings is 1. The first-order chi connectivity index (χ1) is 12.6. The number of nitrogens with zero attached hydrogens (tertiary/aromatic N) is 1. The smallest absolute Gasteiger partial charge is 0.0737 e. The van der Waals surface area contributed by atoms with Crippen LogP contribution >= 0.6 is 23.4 Å². The topological polar surface area (TPSA) is 64.9 Å². The van der Waals surface area contributed by atoms with Crippen molar-refractivity contribution in [2.45, 2.75) is 11.4 Å². The molecule has 0 aliphatic rings. The number of fused-ring (bicyclic) bond motifs is 2. The van der Waals surface area contributed by atoms with Crippen molar-refractivity contribution in [3.63, 3.8) is 0 Å². The van der Waals surface area contributed by atoms with Crippen LogP contribution in [0.5, 0.6) is 0 Å². The van der Waals surface area contributed by atoms with Crippen molar-refractivity contribution in [1.82, 2.24) is 4.98 Å². The predicted octanol–water partition coefficient (Wildman–Crippen LogP) is 5.47. The van der Waals surface area contributed by atoms with Crippen LogP contribution in [0.15, 0.2) is 59.5 Å². The third-order valence-electron chi connectivity index (χ3n) is 4.60. The Hall–Kier alpha value is -2.27. The Morgan fingerprint density at radius 2 is 1.77 bits per heavy atom. The van der Waals surface area contributed by atoms with Crippen molar-refractivity contribution in [2.75, 3.05) is 12.0 Å². The maximum absolute atomic E-state index is 6.54. The average Bonchev–Trinajstić information content (AvgIpc) is 2.66. The van der Waals surface area contributed by atoms with Gasteiger partial charge in [-0.1, -0.05) is 41.9 Å². The average molecular weight is 380 g/mol. The Kier molecular flexibility index (Phi) is 4.49. The van der Waals surface area contributed by atoms with E-state index in [0.717, 1.165) is 49.1 Å². The summed E-state index contributed by atoms with van der Waals surface area (Å²) in [5.41, 5.74) is 18.0. The quantitative estimate of drug-likeness (QED) is 0.281. The molecule has 0 bridgehead atoms. The van der Waals surface area contributed by atoms with Crippen molar-refractivity contribution >= 4 is 50.9 Å². The second kappa shape index (κ2) is 6.80. The Morgan fingerprint density at radius 1 is 1.00 bits per heavy atom. The summed E-state index contributed by atoms with van der Waals surface area (Å²) in [6, 6.07) is 18.1. The van der Waals surface area contributed by atoms with E-state index in [-0.39, 0.29) is 0 Å². The second-order valence-corrected chi connectivity index (χ2v) is 7.41. The van der Waals surface area contributed by atoms with Gasteiger partial charge in [0.15, 0.2) is 0 Å². The van der Waals surface area contributed by atoms with Gasteiger partial charge >= 0.3 is 0 Å². The van der Waals surface area contributed by atoms with Crippen molar-refractivity contribution in [3.05, 3.63) is 65.2 Å². The molecule has 4 aromatic rings. The van der Waals surface area contributed by atoms with Crippen LogP contribution < -0.4 is 11.5 Å². The van der Waals surface area contributed by atoms with E-state index < -0.39 is 0 Å². The van der Waals surface area contributed by atoms with Crippen LogP contribution in [0.2, 0.25) is 5.02 Å². The maximum Gasteiger partial charge on any atom is 0.0737 e. The lowest BCUT2D eigenvalue weighted by molar-refractivity contribution is 1.07. The van der Waals surface area contributed by atoms with Crippen LogP contribution in [-0.4, -0.2) is 11.2 Å².